The van der Waals surface area contributed by atoms with Gasteiger partial charge >= 0.3 is 21.6 Å². The molecular weight excluding hydrogens is 433 g/mol. The predicted molar refractivity (Wildman–Crippen MR) is 107 cm³/mol. The molecule has 0 aromatic heterocycles. The minimum atomic E-state index is -5.67. The quantitative estimate of drug-likeness (QED) is 0.248. The van der Waals surface area contributed by atoms with Gasteiger partial charge in [-0.1, -0.05) is 25.5 Å². The van der Waals surface area contributed by atoms with E-state index in [4.69, 9.17) is 4.74 Å². The van der Waals surface area contributed by atoms with Crippen molar-refractivity contribution >= 4 is 16.1 Å². The number of esters is 1. The van der Waals surface area contributed by atoms with Crippen molar-refractivity contribution in [1.82, 2.24) is 0 Å². The first-order chi connectivity index (χ1) is 14.3. The SMILES string of the molecule is CC(=O)OC1CC[C@@]2(C)C(=CC[C@@H]3[C@@H]2CC[C@]2(C)C(OS(=O)(=O)C(F)(F)F)=CC[C@@H]32)C1. The molecule has 0 heterocycles. The molecule has 2 fully saturated rings. The number of fused-ring (bicyclic) bond motifs is 5. The molecule has 0 spiro atoms. The van der Waals surface area contributed by atoms with Crippen molar-refractivity contribution in [2.24, 2.45) is 28.6 Å². The van der Waals surface area contributed by atoms with Gasteiger partial charge in [-0.3, -0.25) is 4.79 Å². The number of rotatable bonds is 3. The Hall–Kier alpha value is -1.51. The fourth-order valence-electron chi connectivity index (χ4n) is 6.79. The molecule has 0 saturated heterocycles. The Kier molecular flexibility index (Phi) is 5.30. The molecular formula is C22H29F3O5S. The van der Waals surface area contributed by atoms with Crippen LogP contribution in [0.4, 0.5) is 13.2 Å². The van der Waals surface area contributed by atoms with Gasteiger partial charge < -0.3 is 8.92 Å². The maximum atomic E-state index is 12.9. The number of allylic oxidation sites excluding steroid dienone is 3. The number of hydrogen-bond donors (Lipinski definition) is 0. The van der Waals surface area contributed by atoms with Gasteiger partial charge in [0.15, 0.2) is 0 Å². The van der Waals surface area contributed by atoms with Gasteiger partial charge in [-0.25, -0.2) is 0 Å². The van der Waals surface area contributed by atoms with E-state index in [9.17, 15) is 26.4 Å². The van der Waals surface area contributed by atoms with Crippen LogP contribution in [0.2, 0.25) is 0 Å². The number of carbonyl (C=O) groups is 1. The maximum Gasteiger partial charge on any atom is 0.534 e. The minimum Gasteiger partial charge on any atom is -0.462 e. The van der Waals surface area contributed by atoms with Crippen molar-refractivity contribution in [3.63, 3.8) is 0 Å². The van der Waals surface area contributed by atoms with Crippen LogP contribution >= 0.6 is 0 Å². The highest BCUT2D eigenvalue weighted by molar-refractivity contribution is 7.87. The summed E-state index contributed by atoms with van der Waals surface area (Å²) in [6.07, 6.45) is 8.84. The van der Waals surface area contributed by atoms with E-state index in [1.165, 1.54) is 12.5 Å². The number of alkyl halides is 3. The van der Waals surface area contributed by atoms with E-state index in [0.29, 0.717) is 18.8 Å². The largest absolute Gasteiger partial charge is 0.534 e. The fraction of sp³-hybridized carbons (Fsp3) is 0.773. The van der Waals surface area contributed by atoms with Crippen LogP contribution in [-0.2, 0) is 23.8 Å². The monoisotopic (exact) mass is 462 g/mol. The molecule has 4 aliphatic carbocycles. The normalized spacial score (nSPS) is 40.1. The molecule has 1 unspecified atom stereocenters. The summed E-state index contributed by atoms with van der Waals surface area (Å²) in [6.45, 7) is 5.53. The van der Waals surface area contributed by atoms with Crippen molar-refractivity contribution in [1.29, 1.82) is 0 Å². The van der Waals surface area contributed by atoms with Gasteiger partial charge in [-0.2, -0.15) is 21.6 Å². The zero-order chi connectivity index (χ0) is 22.8. The van der Waals surface area contributed by atoms with Crippen molar-refractivity contribution in [2.75, 3.05) is 0 Å². The van der Waals surface area contributed by atoms with Crippen molar-refractivity contribution < 1.29 is 35.3 Å². The van der Waals surface area contributed by atoms with Crippen LogP contribution in [0.15, 0.2) is 23.5 Å². The first-order valence-corrected chi connectivity index (χ1v) is 12.3. The molecule has 0 N–H and O–H groups in total. The summed E-state index contributed by atoms with van der Waals surface area (Å²) in [5.41, 5.74) is -4.86. The Balaban J connectivity index is 1.55. The summed E-state index contributed by atoms with van der Waals surface area (Å²) < 4.78 is 71.9. The first-order valence-electron chi connectivity index (χ1n) is 10.9. The third kappa shape index (κ3) is 3.60. The molecule has 0 radical (unpaired) electrons. The second-order valence-electron chi connectivity index (χ2n) is 9.98. The van der Waals surface area contributed by atoms with Gasteiger partial charge in [0, 0.05) is 18.8 Å². The van der Waals surface area contributed by atoms with Gasteiger partial charge in [0.1, 0.15) is 11.9 Å². The zero-order valence-electron chi connectivity index (χ0n) is 18.0. The molecule has 0 bridgehead atoms. The summed E-state index contributed by atoms with van der Waals surface area (Å²) in [5, 5.41) is 0. The van der Waals surface area contributed by atoms with Crippen LogP contribution in [0.3, 0.4) is 0 Å². The van der Waals surface area contributed by atoms with Gasteiger partial charge in [0.25, 0.3) is 0 Å². The summed E-state index contributed by atoms with van der Waals surface area (Å²) in [4.78, 5) is 11.4. The van der Waals surface area contributed by atoms with E-state index >= 15 is 0 Å². The Morgan fingerprint density at radius 1 is 1.06 bits per heavy atom. The van der Waals surface area contributed by atoms with Gasteiger partial charge in [0.05, 0.1) is 0 Å². The topological polar surface area (TPSA) is 69.7 Å². The lowest BCUT2D eigenvalue weighted by molar-refractivity contribution is -0.148. The molecule has 0 aromatic carbocycles. The molecule has 5 nitrogen and oxygen atoms in total. The van der Waals surface area contributed by atoms with E-state index in [2.05, 4.69) is 17.2 Å². The average molecular weight is 463 g/mol. The molecule has 174 valence electrons. The fourth-order valence-corrected chi connectivity index (χ4v) is 7.37. The van der Waals surface area contributed by atoms with E-state index < -0.39 is 21.0 Å². The Morgan fingerprint density at radius 2 is 1.74 bits per heavy atom. The van der Waals surface area contributed by atoms with Crippen LogP contribution in [0.25, 0.3) is 0 Å². The van der Waals surface area contributed by atoms with E-state index in [1.54, 1.807) is 6.08 Å². The maximum absolute atomic E-state index is 12.9. The zero-order valence-corrected chi connectivity index (χ0v) is 18.8. The lowest BCUT2D eigenvalue weighted by Crippen LogP contribution is -2.50. The molecule has 6 atom stereocenters. The van der Waals surface area contributed by atoms with Gasteiger partial charge in [-0.15, -0.1) is 0 Å². The summed E-state index contributed by atoms with van der Waals surface area (Å²) in [5.74, 6) is 0.353. The minimum absolute atomic E-state index is 0.0252. The average Bonchev–Trinajstić information content (AvgIpc) is 2.96. The molecule has 31 heavy (non-hydrogen) atoms. The van der Waals surface area contributed by atoms with Crippen LogP contribution < -0.4 is 0 Å². The second-order valence-corrected chi connectivity index (χ2v) is 11.5. The van der Waals surface area contributed by atoms with E-state index in [-0.39, 0.29) is 35.1 Å². The molecule has 9 heteroatoms. The van der Waals surface area contributed by atoms with Gasteiger partial charge in [-0.05, 0) is 67.8 Å². The van der Waals surface area contributed by atoms with Crippen LogP contribution in [0, 0.1) is 28.6 Å². The summed E-state index contributed by atoms with van der Waals surface area (Å²) in [6, 6.07) is 0. The molecule has 0 aromatic rings. The smallest absolute Gasteiger partial charge is 0.462 e. The summed E-state index contributed by atoms with van der Waals surface area (Å²) >= 11 is 0. The highest BCUT2D eigenvalue weighted by Crippen LogP contribution is 2.65. The van der Waals surface area contributed by atoms with Crippen molar-refractivity contribution in [3.8, 4) is 0 Å². The standard InChI is InChI=1S/C22H29F3O5S/c1-13(26)29-15-8-10-20(2)14(12-15)4-5-16-17-6-7-19(21(17,3)11-9-18(16)20)30-31(27,28)22(23,24)25/h4,7,15-18H,5-6,8-12H2,1-3H3/t15?,16-,17-,18-,20-,21-/m0/s1. The van der Waals surface area contributed by atoms with Crippen LogP contribution in [-0.4, -0.2) is 26.0 Å². The number of ether oxygens (including phenoxy) is 1. The van der Waals surface area contributed by atoms with Crippen LogP contribution in [0.5, 0.6) is 0 Å². The third-order valence-corrected chi connectivity index (χ3v) is 9.35. The Morgan fingerprint density at radius 3 is 2.39 bits per heavy atom. The third-order valence-electron chi connectivity index (χ3n) is 8.38. The second kappa shape index (κ2) is 7.25. The highest BCUT2D eigenvalue weighted by atomic mass is 32.2. The van der Waals surface area contributed by atoms with Crippen molar-refractivity contribution in [3.05, 3.63) is 23.5 Å². The van der Waals surface area contributed by atoms with Crippen molar-refractivity contribution in [2.45, 2.75) is 77.3 Å². The Bertz CT molecular complexity index is 937. The predicted octanol–water partition coefficient (Wildman–Crippen LogP) is 5.24. The number of carbonyl (C=O) groups excluding carboxylic acids is 1. The molecule has 0 aliphatic heterocycles. The Labute approximate surface area is 181 Å². The summed E-state index contributed by atoms with van der Waals surface area (Å²) in [7, 11) is -5.67. The van der Waals surface area contributed by atoms with Gasteiger partial charge in [0.2, 0.25) is 0 Å². The van der Waals surface area contributed by atoms with E-state index in [0.717, 1.165) is 32.1 Å². The molecule has 4 rings (SSSR count). The molecule has 4 aliphatic rings. The molecule has 0 amide bonds. The first kappa shape index (κ1) is 22.7. The highest BCUT2D eigenvalue weighted by Gasteiger charge is 2.59. The van der Waals surface area contributed by atoms with E-state index in [1.807, 2.05) is 6.92 Å². The number of hydrogen-bond acceptors (Lipinski definition) is 5. The lowest BCUT2D eigenvalue weighted by Gasteiger charge is -2.57. The number of halogens is 3. The lowest BCUT2D eigenvalue weighted by atomic mass is 9.48. The van der Waals surface area contributed by atoms with Crippen LogP contribution in [0.1, 0.15) is 65.7 Å². The molecule has 2 saturated carbocycles.